The van der Waals surface area contributed by atoms with Gasteiger partial charge in [0.2, 0.25) is 17.7 Å². The SMILES string of the molecule is COC(=O)c1ccc(NC(=O)[C@H](CCCNC(N)=O)NC(=O)[C@@H](NC(C)=O)C(C)C)cc1OCCOCCN. The molecule has 2 atom stereocenters. The molecule has 0 saturated heterocycles. The zero-order chi connectivity index (χ0) is 29.4. The van der Waals surface area contributed by atoms with E-state index in [1.54, 1.807) is 13.8 Å². The van der Waals surface area contributed by atoms with Crippen molar-refractivity contribution in [3.63, 3.8) is 0 Å². The molecule has 5 amide bonds. The predicted octanol–water partition coefficient (Wildman–Crippen LogP) is -0.140. The number of hydrogen-bond donors (Lipinski definition) is 6. The number of urea groups is 1. The third kappa shape index (κ3) is 12.5. The van der Waals surface area contributed by atoms with E-state index in [1.807, 2.05) is 0 Å². The number of rotatable bonds is 17. The molecule has 0 aliphatic rings. The van der Waals surface area contributed by atoms with Gasteiger partial charge in [0.1, 0.15) is 30.0 Å². The molecular formula is C25H40N6O8. The third-order valence-corrected chi connectivity index (χ3v) is 5.31. The summed E-state index contributed by atoms with van der Waals surface area (Å²) in [6.07, 6.45) is 0.483. The summed E-state index contributed by atoms with van der Waals surface area (Å²) in [6.45, 7) is 6.06. The van der Waals surface area contributed by atoms with Crippen LogP contribution < -0.4 is 37.5 Å². The van der Waals surface area contributed by atoms with E-state index in [9.17, 15) is 24.0 Å². The van der Waals surface area contributed by atoms with Crippen molar-refractivity contribution in [1.82, 2.24) is 16.0 Å². The summed E-state index contributed by atoms with van der Waals surface area (Å²) in [5, 5.41) is 10.4. The molecule has 0 aliphatic carbocycles. The molecule has 14 nitrogen and oxygen atoms in total. The number of methoxy groups -OCH3 is 1. The van der Waals surface area contributed by atoms with Gasteiger partial charge in [-0.05, 0) is 30.9 Å². The lowest BCUT2D eigenvalue weighted by Crippen LogP contribution is -2.54. The van der Waals surface area contributed by atoms with Crippen molar-refractivity contribution in [2.24, 2.45) is 17.4 Å². The average Bonchev–Trinajstić information content (AvgIpc) is 2.88. The molecule has 0 bridgehead atoms. The van der Waals surface area contributed by atoms with Crippen LogP contribution >= 0.6 is 0 Å². The topological polar surface area (TPSA) is 213 Å². The lowest BCUT2D eigenvalue weighted by Gasteiger charge is -2.25. The van der Waals surface area contributed by atoms with Crippen LogP contribution in [0.1, 0.15) is 44.0 Å². The van der Waals surface area contributed by atoms with Gasteiger partial charge in [-0.3, -0.25) is 14.4 Å². The maximum absolute atomic E-state index is 13.2. The fourth-order valence-electron chi connectivity index (χ4n) is 3.43. The Bertz CT molecular complexity index is 987. The highest BCUT2D eigenvalue weighted by atomic mass is 16.5. The highest BCUT2D eigenvalue weighted by Gasteiger charge is 2.28. The summed E-state index contributed by atoms with van der Waals surface area (Å²) >= 11 is 0. The molecule has 1 aromatic rings. The summed E-state index contributed by atoms with van der Waals surface area (Å²) < 4.78 is 15.7. The molecular weight excluding hydrogens is 512 g/mol. The van der Waals surface area contributed by atoms with Gasteiger partial charge >= 0.3 is 12.0 Å². The van der Waals surface area contributed by atoms with Crippen molar-refractivity contribution >= 4 is 35.4 Å². The van der Waals surface area contributed by atoms with E-state index in [-0.39, 0.29) is 49.3 Å². The van der Waals surface area contributed by atoms with E-state index in [0.717, 1.165) is 0 Å². The van der Waals surface area contributed by atoms with Crippen molar-refractivity contribution in [3.05, 3.63) is 23.8 Å². The molecule has 0 saturated carbocycles. The number of ether oxygens (including phenoxy) is 3. The number of anilines is 1. The smallest absolute Gasteiger partial charge is 0.341 e. The van der Waals surface area contributed by atoms with Gasteiger partial charge in [-0.15, -0.1) is 0 Å². The summed E-state index contributed by atoms with van der Waals surface area (Å²) in [5.74, 6) is -2.19. The number of amides is 5. The first-order chi connectivity index (χ1) is 18.5. The number of hydrogen-bond acceptors (Lipinski definition) is 9. The largest absolute Gasteiger partial charge is 0.490 e. The van der Waals surface area contributed by atoms with Crippen LogP contribution in [0.25, 0.3) is 0 Å². The number of carbonyl (C=O) groups is 5. The fraction of sp³-hybridized carbons (Fsp3) is 0.560. The van der Waals surface area contributed by atoms with E-state index in [0.29, 0.717) is 25.3 Å². The quantitative estimate of drug-likeness (QED) is 0.112. The summed E-state index contributed by atoms with van der Waals surface area (Å²) in [7, 11) is 1.23. The Labute approximate surface area is 227 Å². The van der Waals surface area contributed by atoms with Gasteiger partial charge in [-0.2, -0.15) is 0 Å². The number of esters is 1. The van der Waals surface area contributed by atoms with Crippen LogP contribution in [0.2, 0.25) is 0 Å². The van der Waals surface area contributed by atoms with Crippen LogP contribution in [0.4, 0.5) is 10.5 Å². The van der Waals surface area contributed by atoms with Crippen molar-refractivity contribution in [1.29, 1.82) is 0 Å². The maximum atomic E-state index is 13.2. The molecule has 1 rings (SSSR count). The Morgan fingerprint density at radius 1 is 1.00 bits per heavy atom. The van der Waals surface area contributed by atoms with E-state index < -0.39 is 35.9 Å². The Hall–Kier alpha value is -3.91. The Morgan fingerprint density at radius 2 is 1.72 bits per heavy atom. The standard InChI is InChI=1S/C25H40N6O8/c1-15(2)21(29-16(3)32)23(34)31-19(6-5-10-28-25(27)36)22(33)30-17-7-8-18(24(35)37-4)20(14-17)39-13-12-38-11-9-26/h7-8,14-15,19,21H,5-6,9-13,26H2,1-4H3,(H,29,32)(H,30,33)(H,31,34)(H3,27,28,36)/t19-,21-/m0/s1. The van der Waals surface area contributed by atoms with E-state index in [1.165, 1.54) is 32.2 Å². The molecule has 0 aromatic heterocycles. The van der Waals surface area contributed by atoms with Crippen molar-refractivity contribution in [2.75, 3.05) is 45.3 Å². The van der Waals surface area contributed by atoms with Crippen LogP contribution in [0, 0.1) is 5.92 Å². The summed E-state index contributed by atoms with van der Waals surface area (Å²) in [5.41, 5.74) is 10.9. The van der Waals surface area contributed by atoms with Gasteiger partial charge in [0.15, 0.2) is 0 Å². The average molecular weight is 553 g/mol. The molecule has 218 valence electrons. The molecule has 0 fully saturated rings. The molecule has 0 spiro atoms. The van der Waals surface area contributed by atoms with Crippen molar-refractivity contribution in [3.8, 4) is 5.75 Å². The first kappa shape index (κ1) is 33.1. The summed E-state index contributed by atoms with van der Waals surface area (Å²) in [4.78, 5) is 60.9. The number of benzene rings is 1. The van der Waals surface area contributed by atoms with Crippen LogP contribution in [0.5, 0.6) is 5.75 Å². The second kappa shape index (κ2) is 17.6. The molecule has 0 unspecified atom stereocenters. The number of primary amides is 1. The first-order valence-corrected chi connectivity index (χ1v) is 12.5. The van der Waals surface area contributed by atoms with Crippen LogP contribution in [0.3, 0.4) is 0 Å². The molecule has 0 radical (unpaired) electrons. The number of nitrogens with one attached hydrogen (secondary N) is 4. The lowest BCUT2D eigenvalue weighted by molar-refractivity contribution is -0.131. The highest BCUT2D eigenvalue weighted by Crippen LogP contribution is 2.25. The number of carbonyl (C=O) groups excluding carboxylic acids is 5. The Kier molecular flexibility index (Phi) is 14.9. The Morgan fingerprint density at radius 3 is 2.31 bits per heavy atom. The van der Waals surface area contributed by atoms with Gasteiger partial charge in [-0.25, -0.2) is 9.59 Å². The van der Waals surface area contributed by atoms with Crippen LogP contribution in [-0.4, -0.2) is 81.8 Å². The maximum Gasteiger partial charge on any atom is 0.341 e. The zero-order valence-electron chi connectivity index (χ0n) is 22.8. The minimum atomic E-state index is -1.02. The van der Waals surface area contributed by atoms with Crippen LogP contribution in [0.15, 0.2) is 18.2 Å². The van der Waals surface area contributed by atoms with Crippen molar-refractivity contribution in [2.45, 2.75) is 45.7 Å². The number of nitrogens with two attached hydrogens (primary N) is 2. The molecule has 1 aromatic carbocycles. The fourth-order valence-corrected chi connectivity index (χ4v) is 3.43. The molecule has 14 heteroatoms. The highest BCUT2D eigenvalue weighted by molar-refractivity contribution is 5.99. The van der Waals surface area contributed by atoms with Gasteiger partial charge in [0.05, 0.1) is 20.3 Å². The Balaban J connectivity index is 3.09. The molecule has 0 heterocycles. The van der Waals surface area contributed by atoms with E-state index in [4.69, 9.17) is 25.7 Å². The lowest BCUT2D eigenvalue weighted by atomic mass is 10.0. The monoisotopic (exact) mass is 552 g/mol. The van der Waals surface area contributed by atoms with Gasteiger partial charge in [-0.1, -0.05) is 13.8 Å². The first-order valence-electron chi connectivity index (χ1n) is 12.5. The second-order valence-corrected chi connectivity index (χ2v) is 8.86. The normalized spacial score (nSPS) is 12.2. The van der Waals surface area contributed by atoms with Gasteiger partial charge < -0.3 is 46.9 Å². The second-order valence-electron chi connectivity index (χ2n) is 8.86. The van der Waals surface area contributed by atoms with E-state index in [2.05, 4.69) is 21.3 Å². The van der Waals surface area contributed by atoms with E-state index >= 15 is 0 Å². The summed E-state index contributed by atoms with van der Waals surface area (Å²) in [6, 6.07) is 1.79. The minimum Gasteiger partial charge on any atom is -0.490 e. The minimum absolute atomic E-state index is 0.118. The van der Waals surface area contributed by atoms with Crippen LogP contribution in [-0.2, 0) is 23.9 Å². The van der Waals surface area contributed by atoms with Gasteiger partial charge in [0.25, 0.3) is 0 Å². The molecule has 8 N–H and O–H groups in total. The van der Waals surface area contributed by atoms with Crippen molar-refractivity contribution < 1.29 is 38.2 Å². The third-order valence-electron chi connectivity index (χ3n) is 5.31. The van der Waals surface area contributed by atoms with Gasteiger partial charge in [0, 0.05) is 31.8 Å². The molecule has 0 aliphatic heterocycles. The predicted molar refractivity (Wildman–Crippen MR) is 143 cm³/mol. The zero-order valence-corrected chi connectivity index (χ0v) is 22.8. The molecule has 39 heavy (non-hydrogen) atoms.